The first kappa shape index (κ1) is 16.0. The van der Waals surface area contributed by atoms with Crippen LogP contribution >= 0.6 is 0 Å². The Morgan fingerprint density at radius 3 is 2.92 bits per heavy atom. The number of fused-ring (bicyclic) bond motifs is 1. The summed E-state index contributed by atoms with van der Waals surface area (Å²) in [5.74, 6) is 4.66. The van der Waals surface area contributed by atoms with E-state index in [1.807, 2.05) is 6.92 Å². The SMILES string of the molecule is Cc1[nH]cnc1C=C1C(=O)Nc2ccc(F)c(C#CC[C@H](C)O)c21. The van der Waals surface area contributed by atoms with Gasteiger partial charge in [-0.2, -0.15) is 0 Å². The van der Waals surface area contributed by atoms with Gasteiger partial charge in [-0.3, -0.25) is 4.79 Å². The van der Waals surface area contributed by atoms with E-state index in [2.05, 4.69) is 27.1 Å². The summed E-state index contributed by atoms with van der Waals surface area (Å²) in [7, 11) is 0. The number of carbonyl (C=O) groups is 1. The van der Waals surface area contributed by atoms with Crippen LogP contribution in [0.5, 0.6) is 0 Å². The van der Waals surface area contributed by atoms with Crippen molar-refractivity contribution in [2.45, 2.75) is 26.4 Å². The average Bonchev–Trinajstić information content (AvgIpc) is 3.06. The molecule has 3 N–H and O–H groups in total. The molecular formula is C18H16FN3O2. The second-order valence-corrected chi connectivity index (χ2v) is 5.62. The lowest BCUT2D eigenvalue weighted by Crippen LogP contribution is -2.03. The molecule has 1 amide bonds. The van der Waals surface area contributed by atoms with Gasteiger partial charge in [0.05, 0.1) is 34.9 Å². The fourth-order valence-electron chi connectivity index (χ4n) is 2.46. The third kappa shape index (κ3) is 2.94. The van der Waals surface area contributed by atoms with E-state index in [9.17, 15) is 14.3 Å². The standard InChI is InChI=1S/C18H16FN3O2/c1-10(23)4-3-5-12-14(19)6-7-15-17(12)13(18(24)22-15)8-16-11(2)20-9-21-16/h6-10,23H,4H2,1-2H3,(H,20,21)(H,22,24)/t10-/m0/s1. The summed E-state index contributed by atoms with van der Waals surface area (Å²) in [6.07, 6.45) is 2.78. The number of carbonyl (C=O) groups excluding carboxylic acids is 1. The first-order valence-electron chi connectivity index (χ1n) is 7.50. The number of halogens is 1. The zero-order chi connectivity index (χ0) is 17.3. The lowest BCUT2D eigenvalue weighted by Gasteiger charge is -2.04. The summed E-state index contributed by atoms with van der Waals surface area (Å²) in [5, 5.41) is 12.0. The number of aliphatic hydroxyl groups is 1. The maximum Gasteiger partial charge on any atom is 0.256 e. The topological polar surface area (TPSA) is 78.0 Å². The van der Waals surface area contributed by atoms with Crippen LogP contribution in [0.2, 0.25) is 0 Å². The Kier molecular flexibility index (Phi) is 4.19. The van der Waals surface area contributed by atoms with E-state index in [-0.39, 0.29) is 17.9 Å². The Morgan fingerprint density at radius 2 is 2.25 bits per heavy atom. The summed E-state index contributed by atoms with van der Waals surface area (Å²) in [6.45, 7) is 3.44. The third-order valence-electron chi connectivity index (χ3n) is 3.68. The molecule has 6 heteroatoms. The highest BCUT2D eigenvalue weighted by atomic mass is 19.1. The van der Waals surface area contributed by atoms with E-state index in [1.54, 1.807) is 13.0 Å². The predicted octanol–water partition coefficient (Wildman–Crippen LogP) is 2.47. The van der Waals surface area contributed by atoms with Gasteiger partial charge in [0.2, 0.25) is 0 Å². The van der Waals surface area contributed by atoms with Crippen molar-refractivity contribution in [2.75, 3.05) is 5.32 Å². The number of anilines is 1. The Balaban J connectivity index is 2.13. The number of hydrogen-bond acceptors (Lipinski definition) is 3. The molecule has 0 spiro atoms. The highest BCUT2D eigenvalue weighted by Gasteiger charge is 2.28. The van der Waals surface area contributed by atoms with E-state index in [4.69, 9.17) is 0 Å². The van der Waals surface area contributed by atoms with Crippen LogP contribution in [0.4, 0.5) is 10.1 Å². The number of hydrogen-bond donors (Lipinski definition) is 3. The number of H-pyrrole nitrogens is 1. The van der Waals surface area contributed by atoms with Crippen molar-refractivity contribution < 1.29 is 14.3 Å². The molecule has 1 aromatic heterocycles. The molecule has 0 unspecified atom stereocenters. The van der Waals surface area contributed by atoms with Crippen molar-refractivity contribution in [2.24, 2.45) is 0 Å². The van der Waals surface area contributed by atoms with Gasteiger partial charge in [-0.05, 0) is 32.1 Å². The molecule has 5 nitrogen and oxygen atoms in total. The molecule has 0 saturated carbocycles. The second kappa shape index (κ2) is 6.30. The van der Waals surface area contributed by atoms with Crippen LogP contribution < -0.4 is 5.32 Å². The second-order valence-electron chi connectivity index (χ2n) is 5.62. The summed E-state index contributed by atoms with van der Waals surface area (Å²) in [5.41, 5.74) is 2.83. The molecule has 2 heterocycles. The summed E-state index contributed by atoms with van der Waals surface area (Å²) in [6, 6.07) is 2.79. The molecule has 122 valence electrons. The van der Waals surface area contributed by atoms with E-state index in [0.717, 1.165) is 5.69 Å². The molecule has 2 aromatic rings. The maximum atomic E-state index is 14.3. The molecule has 1 atom stereocenters. The van der Waals surface area contributed by atoms with Crippen molar-refractivity contribution in [3.8, 4) is 11.8 Å². The molecule has 0 bridgehead atoms. The molecule has 0 saturated heterocycles. The van der Waals surface area contributed by atoms with Gasteiger partial charge in [0.25, 0.3) is 5.91 Å². The van der Waals surface area contributed by atoms with Gasteiger partial charge in [0, 0.05) is 17.7 Å². The van der Waals surface area contributed by atoms with Crippen molar-refractivity contribution in [3.63, 3.8) is 0 Å². The lowest BCUT2D eigenvalue weighted by molar-refractivity contribution is -0.110. The maximum absolute atomic E-state index is 14.3. The minimum atomic E-state index is -0.598. The first-order chi connectivity index (χ1) is 11.5. The number of nitrogens with one attached hydrogen (secondary N) is 2. The summed E-state index contributed by atoms with van der Waals surface area (Å²) >= 11 is 0. The summed E-state index contributed by atoms with van der Waals surface area (Å²) in [4.78, 5) is 19.4. The van der Waals surface area contributed by atoms with Gasteiger partial charge in [-0.15, -0.1) is 0 Å². The van der Waals surface area contributed by atoms with Gasteiger partial charge < -0.3 is 15.4 Å². The highest BCUT2D eigenvalue weighted by Crippen LogP contribution is 2.36. The van der Waals surface area contributed by atoms with Crippen molar-refractivity contribution in [1.82, 2.24) is 9.97 Å². The molecule has 1 aliphatic heterocycles. The van der Waals surface area contributed by atoms with E-state index < -0.39 is 11.9 Å². The van der Waals surface area contributed by atoms with Gasteiger partial charge in [0.1, 0.15) is 5.82 Å². The quantitative estimate of drug-likeness (QED) is 0.586. The number of nitrogens with zero attached hydrogens (tertiary/aromatic N) is 1. The number of benzene rings is 1. The van der Waals surface area contributed by atoms with Crippen LogP contribution in [0.3, 0.4) is 0 Å². The Morgan fingerprint density at radius 1 is 1.46 bits per heavy atom. The zero-order valence-corrected chi connectivity index (χ0v) is 13.3. The van der Waals surface area contributed by atoms with E-state index >= 15 is 0 Å². The van der Waals surface area contributed by atoms with E-state index in [1.165, 1.54) is 18.5 Å². The number of amides is 1. The van der Waals surface area contributed by atoms with Crippen LogP contribution in [-0.2, 0) is 4.79 Å². The van der Waals surface area contributed by atoms with Gasteiger partial charge in [-0.1, -0.05) is 11.8 Å². The number of aryl methyl sites for hydroxylation is 1. The predicted molar refractivity (Wildman–Crippen MR) is 89.4 cm³/mol. The number of imidazole rings is 1. The lowest BCUT2D eigenvalue weighted by atomic mass is 9.99. The molecule has 0 fully saturated rings. The van der Waals surface area contributed by atoms with Crippen molar-refractivity contribution in [3.05, 3.63) is 46.8 Å². The molecule has 0 aliphatic carbocycles. The fraction of sp³-hybridized carbons (Fsp3) is 0.222. The summed E-state index contributed by atoms with van der Waals surface area (Å²) < 4.78 is 14.3. The average molecular weight is 325 g/mol. The van der Waals surface area contributed by atoms with Crippen molar-refractivity contribution >= 4 is 23.2 Å². The van der Waals surface area contributed by atoms with Crippen LogP contribution in [0.1, 0.15) is 35.9 Å². The van der Waals surface area contributed by atoms with E-state index in [0.29, 0.717) is 22.5 Å². The monoisotopic (exact) mass is 325 g/mol. The number of rotatable bonds is 2. The minimum Gasteiger partial charge on any atom is -0.392 e. The minimum absolute atomic E-state index is 0.144. The molecule has 24 heavy (non-hydrogen) atoms. The van der Waals surface area contributed by atoms with Crippen LogP contribution in [0.25, 0.3) is 11.6 Å². The molecule has 3 rings (SSSR count). The normalized spacial score (nSPS) is 15.7. The largest absolute Gasteiger partial charge is 0.392 e. The zero-order valence-electron chi connectivity index (χ0n) is 13.3. The molecule has 1 aliphatic rings. The number of aromatic nitrogens is 2. The number of aliphatic hydroxyl groups excluding tert-OH is 1. The fourth-order valence-corrected chi connectivity index (χ4v) is 2.46. The van der Waals surface area contributed by atoms with Gasteiger partial charge in [-0.25, -0.2) is 9.37 Å². The van der Waals surface area contributed by atoms with Gasteiger partial charge in [0.15, 0.2) is 0 Å². The van der Waals surface area contributed by atoms with Crippen LogP contribution in [0.15, 0.2) is 18.5 Å². The van der Waals surface area contributed by atoms with Crippen LogP contribution in [-0.4, -0.2) is 27.1 Å². The molecular weight excluding hydrogens is 309 g/mol. The van der Waals surface area contributed by atoms with Crippen LogP contribution in [0, 0.1) is 24.6 Å². The Labute approximate surface area is 138 Å². The smallest absolute Gasteiger partial charge is 0.256 e. The Bertz CT molecular complexity index is 901. The van der Waals surface area contributed by atoms with Gasteiger partial charge >= 0.3 is 0 Å². The Hall–Kier alpha value is -2.91. The van der Waals surface area contributed by atoms with Crippen molar-refractivity contribution in [1.29, 1.82) is 0 Å². The number of aromatic amines is 1. The first-order valence-corrected chi connectivity index (χ1v) is 7.50. The molecule has 1 aromatic carbocycles. The highest BCUT2D eigenvalue weighted by molar-refractivity contribution is 6.35. The molecule has 0 radical (unpaired) electrons. The third-order valence-corrected chi connectivity index (χ3v) is 3.68.